The number of carboxylic acid groups (broad SMARTS) is 2. The second-order valence-electron chi connectivity index (χ2n) is 4.45. The SMILES string of the molecule is O=C(O)CCCCCCCCCCNNNC(=O)O. The lowest BCUT2D eigenvalue weighted by molar-refractivity contribution is -0.137. The Morgan fingerprint density at radius 2 is 1.32 bits per heavy atom. The van der Waals surface area contributed by atoms with Gasteiger partial charge in [0.1, 0.15) is 0 Å². The quantitative estimate of drug-likeness (QED) is 0.259. The van der Waals surface area contributed by atoms with Crippen LogP contribution < -0.4 is 16.4 Å². The second kappa shape index (κ2) is 13.1. The maximum Gasteiger partial charge on any atom is 0.420 e. The number of hydrogen-bond acceptors (Lipinski definition) is 4. The van der Waals surface area contributed by atoms with Crippen LogP contribution in [0.2, 0.25) is 0 Å². The summed E-state index contributed by atoms with van der Waals surface area (Å²) < 4.78 is 0. The Bertz CT molecular complexity index is 225. The van der Waals surface area contributed by atoms with Crippen molar-refractivity contribution in [1.82, 2.24) is 16.4 Å². The predicted molar refractivity (Wildman–Crippen MR) is 71.5 cm³/mol. The molecule has 0 radical (unpaired) electrons. The van der Waals surface area contributed by atoms with Crippen LogP contribution in [0.3, 0.4) is 0 Å². The summed E-state index contributed by atoms with van der Waals surface area (Å²) in [7, 11) is 0. The minimum atomic E-state index is -1.12. The third-order valence-electron chi connectivity index (χ3n) is 2.70. The summed E-state index contributed by atoms with van der Waals surface area (Å²) in [4.78, 5) is 20.3. The lowest BCUT2D eigenvalue weighted by Gasteiger charge is -2.05. The van der Waals surface area contributed by atoms with Crippen LogP contribution in [0, 0.1) is 0 Å². The first-order chi connectivity index (χ1) is 9.13. The van der Waals surface area contributed by atoms with Gasteiger partial charge in [-0.05, 0) is 12.8 Å². The third-order valence-corrected chi connectivity index (χ3v) is 2.70. The van der Waals surface area contributed by atoms with Crippen LogP contribution in [0.4, 0.5) is 4.79 Å². The molecule has 0 saturated carbocycles. The molecule has 0 aliphatic heterocycles. The van der Waals surface area contributed by atoms with Crippen LogP contribution in [0.1, 0.15) is 57.8 Å². The van der Waals surface area contributed by atoms with Gasteiger partial charge in [-0.2, -0.15) is 5.53 Å². The molecule has 0 aliphatic rings. The minimum Gasteiger partial charge on any atom is -0.481 e. The Hall–Kier alpha value is -1.34. The van der Waals surface area contributed by atoms with E-state index in [2.05, 4.69) is 11.0 Å². The van der Waals surface area contributed by atoms with E-state index in [1.54, 1.807) is 0 Å². The lowest BCUT2D eigenvalue weighted by Crippen LogP contribution is -2.46. The molecule has 0 aliphatic carbocycles. The smallest absolute Gasteiger partial charge is 0.420 e. The number of carboxylic acids is 1. The van der Waals surface area contributed by atoms with Gasteiger partial charge < -0.3 is 10.2 Å². The van der Waals surface area contributed by atoms with Crippen molar-refractivity contribution >= 4 is 12.1 Å². The predicted octanol–water partition coefficient (Wildman–Crippen LogP) is 1.86. The molecule has 0 aromatic rings. The zero-order valence-electron chi connectivity index (χ0n) is 11.3. The molecule has 0 spiro atoms. The van der Waals surface area contributed by atoms with Crippen molar-refractivity contribution in [2.45, 2.75) is 57.8 Å². The highest BCUT2D eigenvalue weighted by Crippen LogP contribution is 2.09. The number of hydrogen-bond donors (Lipinski definition) is 5. The topological polar surface area (TPSA) is 111 Å². The van der Waals surface area contributed by atoms with Gasteiger partial charge in [-0.25, -0.2) is 15.6 Å². The molecule has 0 bridgehead atoms. The fourth-order valence-electron chi connectivity index (χ4n) is 1.71. The van der Waals surface area contributed by atoms with E-state index in [0.29, 0.717) is 0 Å². The van der Waals surface area contributed by atoms with E-state index in [0.717, 1.165) is 51.5 Å². The molecule has 0 heterocycles. The molecule has 7 heteroatoms. The average molecular weight is 275 g/mol. The van der Waals surface area contributed by atoms with E-state index in [1.165, 1.54) is 6.42 Å². The van der Waals surface area contributed by atoms with Gasteiger partial charge >= 0.3 is 12.1 Å². The molecule has 0 aromatic carbocycles. The Balaban J connectivity index is 2.99. The first-order valence-corrected chi connectivity index (χ1v) is 6.81. The highest BCUT2D eigenvalue weighted by molar-refractivity contribution is 5.66. The number of amides is 1. The summed E-state index contributed by atoms with van der Waals surface area (Å²) in [5, 5.41) is 16.7. The molecule has 19 heavy (non-hydrogen) atoms. The van der Waals surface area contributed by atoms with Crippen LogP contribution in [0.15, 0.2) is 0 Å². The molecule has 112 valence electrons. The standard InChI is InChI=1S/C12H25N3O4/c16-11(17)9-7-5-3-1-2-4-6-8-10-13-15-14-12(18)19/h13-15H,1-10H2,(H,16,17)(H,18,19). The number of hydrazine groups is 2. The third kappa shape index (κ3) is 16.7. The maximum atomic E-state index is 10.3. The van der Waals surface area contributed by atoms with Gasteiger partial charge in [0.2, 0.25) is 0 Å². The zero-order chi connectivity index (χ0) is 14.3. The van der Waals surface area contributed by atoms with Gasteiger partial charge in [-0.3, -0.25) is 4.79 Å². The van der Waals surface area contributed by atoms with Gasteiger partial charge in [-0.1, -0.05) is 38.5 Å². The fourth-order valence-corrected chi connectivity index (χ4v) is 1.71. The van der Waals surface area contributed by atoms with Crippen molar-refractivity contribution in [3.8, 4) is 0 Å². The number of nitrogens with one attached hydrogen (secondary N) is 3. The van der Waals surface area contributed by atoms with Crippen molar-refractivity contribution < 1.29 is 19.8 Å². The van der Waals surface area contributed by atoms with Crippen LogP contribution in [0.5, 0.6) is 0 Å². The molecule has 0 fully saturated rings. The second-order valence-corrected chi connectivity index (χ2v) is 4.45. The molecular formula is C12H25N3O4. The summed E-state index contributed by atoms with van der Waals surface area (Å²) in [5.74, 6) is -0.710. The molecule has 0 aromatic heterocycles. The first kappa shape index (κ1) is 17.7. The van der Waals surface area contributed by atoms with Gasteiger partial charge in [0.15, 0.2) is 0 Å². The number of aliphatic carboxylic acids is 1. The van der Waals surface area contributed by atoms with Crippen LogP contribution in [-0.4, -0.2) is 28.8 Å². The van der Waals surface area contributed by atoms with E-state index < -0.39 is 12.1 Å². The van der Waals surface area contributed by atoms with Crippen molar-refractivity contribution in [2.75, 3.05) is 6.54 Å². The molecule has 1 amide bonds. The Morgan fingerprint density at radius 1 is 0.789 bits per heavy atom. The molecule has 0 unspecified atom stereocenters. The molecule has 5 N–H and O–H groups in total. The summed E-state index contributed by atoms with van der Waals surface area (Å²) in [6, 6.07) is 0. The zero-order valence-corrected chi connectivity index (χ0v) is 11.3. The van der Waals surface area contributed by atoms with E-state index in [1.807, 2.05) is 5.43 Å². The summed E-state index contributed by atoms with van der Waals surface area (Å²) in [5.41, 5.74) is 7.12. The van der Waals surface area contributed by atoms with Crippen molar-refractivity contribution in [3.05, 3.63) is 0 Å². The van der Waals surface area contributed by atoms with E-state index in [4.69, 9.17) is 10.2 Å². The molecular weight excluding hydrogens is 250 g/mol. The number of carbonyl (C=O) groups is 2. The van der Waals surface area contributed by atoms with Gasteiger partial charge in [0.25, 0.3) is 0 Å². The monoisotopic (exact) mass is 275 g/mol. The Morgan fingerprint density at radius 3 is 1.84 bits per heavy atom. The Kier molecular flexibility index (Phi) is 12.2. The number of unbranched alkanes of at least 4 members (excludes halogenated alkanes) is 7. The summed E-state index contributed by atoms with van der Waals surface area (Å²) >= 11 is 0. The largest absolute Gasteiger partial charge is 0.481 e. The van der Waals surface area contributed by atoms with Crippen molar-refractivity contribution in [2.24, 2.45) is 0 Å². The van der Waals surface area contributed by atoms with Gasteiger partial charge in [0.05, 0.1) is 0 Å². The van der Waals surface area contributed by atoms with Crippen LogP contribution in [0.25, 0.3) is 0 Å². The molecule has 0 atom stereocenters. The van der Waals surface area contributed by atoms with Crippen LogP contribution >= 0.6 is 0 Å². The van der Waals surface area contributed by atoms with Gasteiger partial charge in [-0.15, -0.1) is 0 Å². The number of rotatable bonds is 13. The average Bonchev–Trinajstić information content (AvgIpc) is 2.34. The highest BCUT2D eigenvalue weighted by Gasteiger charge is 1.96. The summed E-state index contributed by atoms with van der Waals surface area (Å²) in [6.45, 7) is 0.721. The van der Waals surface area contributed by atoms with E-state index in [9.17, 15) is 9.59 Å². The molecule has 0 rings (SSSR count). The van der Waals surface area contributed by atoms with E-state index in [-0.39, 0.29) is 6.42 Å². The normalized spacial score (nSPS) is 10.3. The highest BCUT2D eigenvalue weighted by atomic mass is 16.4. The van der Waals surface area contributed by atoms with Gasteiger partial charge in [0, 0.05) is 13.0 Å². The van der Waals surface area contributed by atoms with Crippen LogP contribution in [-0.2, 0) is 4.79 Å². The molecule has 7 nitrogen and oxygen atoms in total. The minimum absolute atomic E-state index is 0.281. The van der Waals surface area contributed by atoms with E-state index >= 15 is 0 Å². The maximum absolute atomic E-state index is 10.3. The first-order valence-electron chi connectivity index (χ1n) is 6.81. The van der Waals surface area contributed by atoms with Crippen molar-refractivity contribution in [1.29, 1.82) is 0 Å². The lowest BCUT2D eigenvalue weighted by atomic mass is 10.1. The Labute approximate surface area is 113 Å². The molecule has 0 saturated heterocycles. The van der Waals surface area contributed by atoms with Crippen molar-refractivity contribution in [3.63, 3.8) is 0 Å². The fraction of sp³-hybridized carbons (Fsp3) is 0.833. The summed E-state index contributed by atoms with van der Waals surface area (Å²) in [6.07, 6.45) is 7.64.